The second-order valence-corrected chi connectivity index (χ2v) is 12.9. The predicted molar refractivity (Wildman–Crippen MR) is 166 cm³/mol. The topological polar surface area (TPSA) is 99.5 Å². The third-order valence-corrected chi connectivity index (χ3v) is 5.88. The first-order valence-electron chi connectivity index (χ1n) is 13.6. The van der Waals surface area contributed by atoms with Crippen LogP contribution in [0.25, 0.3) is 0 Å². The van der Waals surface area contributed by atoms with Gasteiger partial charge in [0.15, 0.2) is 5.78 Å². The van der Waals surface area contributed by atoms with Crippen LogP contribution in [0.15, 0.2) is 70.9 Å². The van der Waals surface area contributed by atoms with Crippen LogP contribution in [-0.4, -0.2) is 34.3 Å². The Bertz CT molecular complexity index is 1290. The number of rotatable bonds is 5. The average Bonchev–Trinajstić information content (AvgIpc) is 3.35. The van der Waals surface area contributed by atoms with Crippen LogP contribution in [0, 0.1) is 16.7 Å². The standard InChI is InChI=1S/C16H20N2O2.C10H10N2O.C6H11ClO/c1-11-14(13(19)10-16(2,3)4)15(20)18(17-11)12-8-6-5-7-9-12;1-8-7-10(13)12(11-8)9-5-3-2-4-6-9;1-6(2,3)4-5(7)8/h5-9,14H,10H2,1-4H3;2-6H,7H2,1H3;4H2,1-3H3. The van der Waals surface area contributed by atoms with Gasteiger partial charge in [0.1, 0.15) is 5.92 Å². The molecule has 0 fully saturated rings. The molecular weight excluding hydrogens is 540 g/mol. The van der Waals surface area contributed by atoms with Gasteiger partial charge in [-0.05, 0) is 60.5 Å². The predicted octanol–water partition coefficient (Wildman–Crippen LogP) is 7.02. The number of benzene rings is 2. The molecule has 9 heteroatoms. The van der Waals surface area contributed by atoms with E-state index in [-0.39, 0.29) is 33.7 Å². The van der Waals surface area contributed by atoms with Gasteiger partial charge in [-0.15, -0.1) is 0 Å². The van der Waals surface area contributed by atoms with E-state index in [0.717, 1.165) is 11.4 Å². The largest absolute Gasteiger partial charge is 0.298 e. The number of nitrogens with zero attached hydrogens (tertiary/aromatic N) is 4. The van der Waals surface area contributed by atoms with Crippen molar-refractivity contribution < 1.29 is 19.2 Å². The summed E-state index contributed by atoms with van der Waals surface area (Å²) in [6, 6.07) is 18.6. The zero-order valence-electron chi connectivity index (χ0n) is 25.3. The summed E-state index contributed by atoms with van der Waals surface area (Å²) in [7, 11) is 0. The number of carbonyl (C=O) groups excluding carboxylic acids is 4. The summed E-state index contributed by atoms with van der Waals surface area (Å²) in [5, 5.41) is 10.9. The van der Waals surface area contributed by atoms with E-state index in [1.165, 1.54) is 10.0 Å². The third kappa shape index (κ3) is 11.0. The fourth-order valence-corrected chi connectivity index (χ4v) is 4.46. The molecule has 2 amide bonds. The van der Waals surface area contributed by atoms with E-state index in [1.807, 2.05) is 109 Å². The van der Waals surface area contributed by atoms with Crippen molar-refractivity contribution in [3.8, 4) is 0 Å². The van der Waals surface area contributed by atoms with Crippen LogP contribution >= 0.6 is 11.6 Å². The maximum atomic E-state index is 12.4. The highest BCUT2D eigenvalue weighted by Crippen LogP contribution is 2.28. The Kier molecular flexibility index (Phi) is 11.7. The first kappa shape index (κ1) is 33.6. The number of carbonyl (C=O) groups is 4. The van der Waals surface area contributed by atoms with Gasteiger partial charge in [-0.1, -0.05) is 77.9 Å². The fourth-order valence-electron chi connectivity index (χ4n) is 4.06. The second kappa shape index (κ2) is 14.3. The molecule has 8 nitrogen and oxygen atoms in total. The van der Waals surface area contributed by atoms with E-state index in [1.54, 1.807) is 6.92 Å². The van der Waals surface area contributed by atoms with Gasteiger partial charge in [0.2, 0.25) is 5.24 Å². The van der Waals surface area contributed by atoms with Crippen LogP contribution in [0.3, 0.4) is 0 Å². The number of para-hydroxylation sites is 2. The number of anilines is 2. The Morgan fingerprint density at radius 2 is 1.24 bits per heavy atom. The van der Waals surface area contributed by atoms with Crippen molar-refractivity contribution in [3.63, 3.8) is 0 Å². The molecule has 2 aromatic rings. The molecule has 2 aliphatic rings. The maximum absolute atomic E-state index is 12.4. The quantitative estimate of drug-likeness (QED) is 0.280. The van der Waals surface area contributed by atoms with Crippen LogP contribution < -0.4 is 10.0 Å². The third-order valence-electron chi connectivity index (χ3n) is 5.74. The molecule has 2 aromatic carbocycles. The SMILES string of the molecule is CC(C)(C)CC(=O)Cl.CC1=NN(c2ccccc2)C(=O)C1.CC1=NN(c2ccccc2)C(=O)C1C(=O)CC(C)(C)C. The summed E-state index contributed by atoms with van der Waals surface area (Å²) in [6.45, 7) is 15.5. The smallest absolute Gasteiger partial charge is 0.263 e. The fraction of sp³-hybridized carbons (Fsp3) is 0.438. The molecule has 0 aromatic heterocycles. The lowest BCUT2D eigenvalue weighted by Crippen LogP contribution is -2.34. The average molecular weight is 581 g/mol. The molecule has 0 saturated heterocycles. The normalized spacial score (nSPS) is 16.8. The molecule has 2 aliphatic heterocycles. The minimum absolute atomic E-state index is 0.0405. The molecule has 4 rings (SSSR count). The molecule has 41 heavy (non-hydrogen) atoms. The van der Waals surface area contributed by atoms with Crippen LogP contribution in [0.4, 0.5) is 11.4 Å². The van der Waals surface area contributed by atoms with Gasteiger partial charge < -0.3 is 0 Å². The molecule has 0 spiro atoms. The van der Waals surface area contributed by atoms with Gasteiger partial charge in [-0.3, -0.25) is 19.2 Å². The molecule has 0 saturated carbocycles. The van der Waals surface area contributed by atoms with E-state index < -0.39 is 5.92 Å². The number of ketones is 1. The second-order valence-electron chi connectivity index (χ2n) is 12.5. The lowest BCUT2D eigenvalue weighted by Gasteiger charge is -2.19. The molecule has 0 bridgehead atoms. The van der Waals surface area contributed by atoms with Gasteiger partial charge in [0.05, 0.1) is 23.5 Å². The summed E-state index contributed by atoms with van der Waals surface area (Å²) in [5.41, 5.74) is 2.89. The number of hydrazone groups is 2. The Hall–Kier alpha value is -3.65. The highest BCUT2D eigenvalue weighted by molar-refractivity contribution is 6.63. The van der Waals surface area contributed by atoms with Crippen LogP contribution in [-0.2, 0) is 19.2 Å². The monoisotopic (exact) mass is 580 g/mol. The summed E-state index contributed by atoms with van der Waals surface area (Å²) >= 11 is 5.12. The lowest BCUT2D eigenvalue weighted by atomic mass is 9.84. The van der Waals surface area contributed by atoms with Crippen molar-refractivity contribution in [2.75, 3.05) is 10.0 Å². The first-order chi connectivity index (χ1) is 19.0. The number of hydrogen-bond acceptors (Lipinski definition) is 6. The highest BCUT2D eigenvalue weighted by Gasteiger charge is 2.40. The Morgan fingerprint density at radius 3 is 1.61 bits per heavy atom. The van der Waals surface area contributed by atoms with Crippen LogP contribution in [0.2, 0.25) is 0 Å². The number of halogens is 1. The molecule has 220 valence electrons. The van der Waals surface area contributed by atoms with Gasteiger partial charge in [-0.2, -0.15) is 15.2 Å². The van der Waals surface area contributed by atoms with Gasteiger partial charge in [0, 0.05) is 18.6 Å². The highest BCUT2D eigenvalue weighted by atomic mass is 35.5. The summed E-state index contributed by atoms with van der Waals surface area (Å²) in [6.07, 6.45) is 1.27. The van der Waals surface area contributed by atoms with E-state index in [0.29, 0.717) is 30.7 Å². The number of amides is 2. The van der Waals surface area contributed by atoms with Crippen molar-refractivity contribution in [3.05, 3.63) is 60.7 Å². The molecule has 1 unspecified atom stereocenters. The zero-order valence-corrected chi connectivity index (χ0v) is 26.0. The van der Waals surface area contributed by atoms with E-state index in [9.17, 15) is 19.2 Å². The summed E-state index contributed by atoms with van der Waals surface area (Å²) < 4.78 is 0. The van der Waals surface area contributed by atoms with Crippen molar-refractivity contribution >= 4 is 57.2 Å². The summed E-state index contributed by atoms with van der Waals surface area (Å²) in [5.74, 6) is -0.983. The number of Topliss-reactive ketones (excluding diaryl/α,β-unsaturated/α-hetero) is 1. The first-order valence-corrected chi connectivity index (χ1v) is 13.9. The van der Waals surface area contributed by atoms with Crippen LogP contribution in [0.1, 0.15) is 74.7 Å². The Balaban J connectivity index is 0.000000240. The lowest BCUT2D eigenvalue weighted by molar-refractivity contribution is -0.130. The molecule has 0 N–H and O–H groups in total. The van der Waals surface area contributed by atoms with Crippen LogP contribution in [0.5, 0.6) is 0 Å². The molecule has 1 atom stereocenters. The van der Waals surface area contributed by atoms with E-state index >= 15 is 0 Å². The van der Waals surface area contributed by atoms with Crippen molar-refractivity contribution in [2.45, 2.75) is 74.7 Å². The molecule has 0 radical (unpaired) electrons. The van der Waals surface area contributed by atoms with Crippen molar-refractivity contribution in [1.29, 1.82) is 0 Å². The minimum Gasteiger partial charge on any atom is -0.298 e. The number of hydrogen-bond donors (Lipinski definition) is 0. The van der Waals surface area contributed by atoms with Gasteiger partial charge in [-0.25, -0.2) is 5.01 Å². The molecular formula is C32H41ClN4O4. The van der Waals surface area contributed by atoms with Crippen molar-refractivity contribution in [1.82, 2.24) is 0 Å². The molecule has 0 aliphatic carbocycles. The maximum Gasteiger partial charge on any atom is 0.263 e. The summed E-state index contributed by atoms with van der Waals surface area (Å²) in [4.78, 5) is 46.4. The zero-order chi connectivity index (χ0) is 31.0. The minimum atomic E-state index is -0.727. The van der Waals surface area contributed by atoms with Crippen molar-refractivity contribution in [2.24, 2.45) is 27.0 Å². The van der Waals surface area contributed by atoms with E-state index in [2.05, 4.69) is 10.2 Å². The Morgan fingerprint density at radius 1 is 0.780 bits per heavy atom. The van der Waals surface area contributed by atoms with Gasteiger partial charge >= 0.3 is 0 Å². The Labute approximate surface area is 248 Å². The molecule has 2 heterocycles. The van der Waals surface area contributed by atoms with E-state index in [4.69, 9.17) is 11.6 Å². The van der Waals surface area contributed by atoms with Gasteiger partial charge in [0.25, 0.3) is 11.8 Å².